The second-order valence-electron chi connectivity index (χ2n) is 7.22. The minimum Gasteiger partial charge on any atom is -0.432 e. The number of alkyl halides is 5. The molecule has 0 saturated carbocycles. The molecule has 2 aromatic carbocycles. The van der Waals surface area contributed by atoms with E-state index in [2.05, 4.69) is 20.1 Å². The summed E-state index contributed by atoms with van der Waals surface area (Å²) in [5.74, 6) is -3.08. The van der Waals surface area contributed by atoms with Gasteiger partial charge in [0, 0.05) is 26.2 Å². The van der Waals surface area contributed by atoms with Crippen LogP contribution in [-0.4, -0.2) is 57.3 Å². The lowest BCUT2D eigenvalue weighted by atomic mass is 10.2. The van der Waals surface area contributed by atoms with Crippen molar-refractivity contribution in [2.75, 3.05) is 19.6 Å². The number of hydrogen-bond acceptors (Lipinski definition) is 6. The van der Waals surface area contributed by atoms with E-state index in [1.54, 1.807) is 0 Å². The van der Waals surface area contributed by atoms with E-state index in [0.717, 1.165) is 40.7 Å². The molecular weight excluding hydrogens is 508 g/mol. The van der Waals surface area contributed by atoms with E-state index in [0.29, 0.717) is 0 Å². The highest BCUT2D eigenvalue weighted by Gasteiger charge is 2.38. The van der Waals surface area contributed by atoms with Gasteiger partial charge in [-0.2, -0.15) is 13.1 Å². The lowest BCUT2D eigenvalue weighted by molar-refractivity contribution is -0.274. The quantitative estimate of drug-likeness (QED) is 0.513. The van der Waals surface area contributed by atoms with Crippen molar-refractivity contribution in [2.45, 2.75) is 30.5 Å². The summed E-state index contributed by atoms with van der Waals surface area (Å²) in [4.78, 5) is 12.4. The number of rotatable bonds is 8. The van der Waals surface area contributed by atoms with E-state index in [1.165, 1.54) is 6.07 Å². The van der Waals surface area contributed by atoms with Crippen LogP contribution in [0.15, 0.2) is 47.4 Å². The zero-order valence-electron chi connectivity index (χ0n) is 17.7. The predicted molar refractivity (Wildman–Crippen MR) is 109 cm³/mol. The van der Waals surface area contributed by atoms with Crippen LogP contribution >= 0.6 is 0 Å². The monoisotopic (exact) mass is 527 g/mol. The van der Waals surface area contributed by atoms with Crippen molar-refractivity contribution in [3.05, 3.63) is 53.8 Å². The SMILES string of the molecule is O=C(NCc1ccc(OC(F)F)c(F)c1)[C@H]1CNCCN1S(=O)(=O)c1ccc(OC(F)(F)F)cc1. The Morgan fingerprint density at radius 1 is 1.17 bits per heavy atom. The summed E-state index contributed by atoms with van der Waals surface area (Å²) in [7, 11) is -4.28. The molecule has 1 aliphatic rings. The van der Waals surface area contributed by atoms with Crippen molar-refractivity contribution in [3.63, 3.8) is 0 Å². The Hall–Kier alpha value is -3.04. The van der Waals surface area contributed by atoms with Gasteiger partial charge >= 0.3 is 13.0 Å². The standard InChI is InChI=1S/C20H19F6N3O5S/c21-15-9-12(1-6-17(15)33-19(22)23)10-28-18(30)16-11-27-7-8-29(16)35(31,32)14-4-2-13(3-5-14)34-20(24,25)26/h1-6,9,16,19,27H,7-8,10-11H2,(H,28,30)/t16-/m1/s1. The summed E-state index contributed by atoms with van der Waals surface area (Å²) < 4.78 is 110. The first-order valence-corrected chi connectivity index (χ1v) is 11.4. The van der Waals surface area contributed by atoms with Gasteiger partial charge in [-0.1, -0.05) is 6.07 Å². The van der Waals surface area contributed by atoms with Gasteiger partial charge in [0.2, 0.25) is 15.9 Å². The first-order chi connectivity index (χ1) is 16.4. The number of amides is 1. The minimum atomic E-state index is -4.94. The van der Waals surface area contributed by atoms with E-state index < -0.39 is 52.3 Å². The predicted octanol–water partition coefficient (Wildman–Crippen LogP) is 2.60. The summed E-state index contributed by atoms with van der Waals surface area (Å²) in [5, 5.41) is 5.34. The molecule has 1 saturated heterocycles. The Labute approximate surface area is 195 Å². The van der Waals surface area contributed by atoms with Gasteiger partial charge < -0.3 is 20.1 Å². The second-order valence-corrected chi connectivity index (χ2v) is 9.11. The molecule has 0 bridgehead atoms. The number of carbonyl (C=O) groups is 1. The molecule has 15 heteroatoms. The molecule has 192 valence electrons. The second kappa shape index (κ2) is 10.7. The Bertz CT molecular complexity index is 1140. The highest BCUT2D eigenvalue weighted by molar-refractivity contribution is 7.89. The molecule has 1 fully saturated rings. The van der Waals surface area contributed by atoms with E-state index in [4.69, 9.17) is 0 Å². The van der Waals surface area contributed by atoms with Crippen LogP contribution in [0.4, 0.5) is 26.3 Å². The lowest BCUT2D eigenvalue weighted by Gasteiger charge is -2.34. The minimum absolute atomic E-state index is 0.0597. The van der Waals surface area contributed by atoms with Crippen LogP contribution in [0.3, 0.4) is 0 Å². The average Bonchev–Trinajstić information content (AvgIpc) is 2.78. The van der Waals surface area contributed by atoms with Crippen molar-refractivity contribution >= 4 is 15.9 Å². The van der Waals surface area contributed by atoms with E-state index >= 15 is 0 Å². The van der Waals surface area contributed by atoms with E-state index in [9.17, 15) is 39.6 Å². The first-order valence-electron chi connectivity index (χ1n) is 9.96. The fourth-order valence-corrected chi connectivity index (χ4v) is 4.89. The van der Waals surface area contributed by atoms with Crippen molar-refractivity contribution in [3.8, 4) is 11.5 Å². The summed E-state index contributed by atoms with van der Waals surface area (Å²) in [6.07, 6.45) is -4.94. The van der Waals surface area contributed by atoms with E-state index in [1.807, 2.05) is 0 Å². The molecule has 1 atom stereocenters. The third-order valence-corrected chi connectivity index (χ3v) is 6.76. The molecule has 1 amide bonds. The van der Waals surface area contributed by atoms with Gasteiger partial charge in [0.15, 0.2) is 11.6 Å². The zero-order chi connectivity index (χ0) is 25.8. The molecule has 0 radical (unpaired) electrons. The number of halogens is 6. The van der Waals surface area contributed by atoms with Gasteiger partial charge in [0.05, 0.1) is 4.90 Å². The van der Waals surface area contributed by atoms with Crippen LogP contribution in [-0.2, 0) is 21.4 Å². The molecular formula is C20H19F6N3O5S. The van der Waals surface area contributed by atoms with Gasteiger partial charge in [0.1, 0.15) is 11.8 Å². The molecule has 1 aliphatic heterocycles. The first kappa shape index (κ1) is 26.6. The Morgan fingerprint density at radius 2 is 1.86 bits per heavy atom. The number of carbonyl (C=O) groups excluding carboxylic acids is 1. The van der Waals surface area contributed by atoms with Gasteiger partial charge in [-0.15, -0.1) is 13.2 Å². The fraction of sp³-hybridized carbons (Fsp3) is 0.350. The highest BCUT2D eigenvalue weighted by Crippen LogP contribution is 2.26. The van der Waals surface area contributed by atoms with Crippen LogP contribution in [0.5, 0.6) is 11.5 Å². The number of nitrogens with one attached hydrogen (secondary N) is 2. The summed E-state index contributed by atoms with van der Waals surface area (Å²) in [5.41, 5.74) is 0.205. The maximum absolute atomic E-state index is 13.9. The molecule has 2 aromatic rings. The van der Waals surface area contributed by atoms with Gasteiger partial charge in [-0.05, 0) is 42.0 Å². The van der Waals surface area contributed by atoms with Crippen molar-refractivity contribution in [2.24, 2.45) is 0 Å². The third kappa shape index (κ3) is 6.99. The Balaban J connectivity index is 1.70. The number of sulfonamides is 1. The van der Waals surface area contributed by atoms with Crippen LogP contribution in [0.1, 0.15) is 5.56 Å². The molecule has 2 N–H and O–H groups in total. The molecule has 0 aliphatic carbocycles. The molecule has 0 aromatic heterocycles. The Morgan fingerprint density at radius 3 is 2.46 bits per heavy atom. The van der Waals surface area contributed by atoms with Gasteiger partial charge in [-0.25, -0.2) is 12.8 Å². The number of nitrogens with zero attached hydrogens (tertiary/aromatic N) is 1. The smallest absolute Gasteiger partial charge is 0.432 e. The number of ether oxygens (including phenoxy) is 2. The molecule has 0 unspecified atom stereocenters. The highest BCUT2D eigenvalue weighted by atomic mass is 32.2. The lowest BCUT2D eigenvalue weighted by Crippen LogP contribution is -2.59. The van der Waals surface area contributed by atoms with Gasteiger partial charge in [0.25, 0.3) is 0 Å². The maximum Gasteiger partial charge on any atom is 0.573 e. The molecule has 0 spiro atoms. The normalized spacial score (nSPS) is 17.3. The van der Waals surface area contributed by atoms with Crippen molar-refractivity contribution < 1.29 is 49.0 Å². The molecule has 1 heterocycles. The fourth-order valence-electron chi connectivity index (χ4n) is 3.30. The largest absolute Gasteiger partial charge is 0.573 e. The number of benzene rings is 2. The van der Waals surface area contributed by atoms with Crippen molar-refractivity contribution in [1.82, 2.24) is 14.9 Å². The topological polar surface area (TPSA) is 97.0 Å². The van der Waals surface area contributed by atoms with Crippen molar-refractivity contribution in [1.29, 1.82) is 0 Å². The van der Waals surface area contributed by atoms with Gasteiger partial charge in [-0.3, -0.25) is 4.79 Å². The number of piperazine rings is 1. The molecule has 3 rings (SSSR count). The summed E-state index contributed by atoms with van der Waals surface area (Å²) in [6, 6.07) is 5.43. The zero-order valence-corrected chi connectivity index (χ0v) is 18.5. The third-order valence-electron chi connectivity index (χ3n) is 4.84. The Kier molecular flexibility index (Phi) is 8.12. The number of hydrogen-bond donors (Lipinski definition) is 2. The average molecular weight is 527 g/mol. The summed E-state index contributed by atoms with van der Waals surface area (Å²) >= 11 is 0. The maximum atomic E-state index is 13.9. The van der Waals surface area contributed by atoms with Crippen LogP contribution in [0.25, 0.3) is 0 Å². The summed E-state index contributed by atoms with van der Waals surface area (Å²) in [6.45, 7) is -3.39. The van der Waals surface area contributed by atoms with Crippen LogP contribution in [0, 0.1) is 5.82 Å². The van der Waals surface area contributed by atoms with Crippen LogP contribution in [0.2, 0.25) is 0 Å². The molecule has 8 nitrogen and oxygen atoms in total. The molecule has 35 heavy (non-hydrogen) atoms. The van der Waals surface area contributed by atoms with E-state index in [-0.39, 0.29) is 36.6 Å². The van der Waals surface area contributed by atoms with Crippen LogP contribution < -0.4 is 20.1 Å².